The fourth-order valence-electron chi connectivity index (χ4n) is 0.338. The van der Waals surface area contributed by atoms with Crippen molar-refractivity contribution in [2.75, 3.05) is 6.61 Å². The lowest BCUT2D eigenvalue weighted by Crippen LogP contribution is -2.26. The van der Waals surface area contributed by atoms with Crippen LogP contribution in [0.15, 0.2) is 12.3 Å². The molecule has 0 heterocycles. The summed E-state index contributed by atoms with van der Waals surface area (Å²) in [5.74, 6) is 0. The van der Waals surface area contributed by atoms with Crippen LogP contribution in [-0.2, 0) is 4.74 Å². The number of ether oxygens (including phenoxy) is 1. The van der Waals surface area contributed by atoms with Crippen LogP contribution in [0, 0.1) is 0 Å². The predicted molar refractivity (Wildman–Crippen MR) is 38.9 cm³/mol. The molecule has 0 aromatic rings. The van der Waals surface area contributed by atoms with Gasteiger partial charge in [-0.3, -0.25) is 0 Å². The summed E-state index contributed by atoms with van der Waals surface area (Å²) in [6.45, 7) is 5.69. The van der Waals surface area contributed by atoms with Gasteiger partial charge in [-0.05, 0) is 6.92 Å². The molecular formula is C5H11NO2Si. The molecule has 0 aliphatic heterocycles. The molecule has 0 saturated carbocycles. The first-order valence-corrected chi connectivity index (χ1v) is 4.35. The second-order valence-electron chi connectivity index (χ2n) is 1.39. The molecule has 1 N–H and O–H groups in total. The zero-order valence-electron chi connectivity index (χ0n) is 5.52. The van der Waals surface area contributed by atoms with Gasteiger partial charge in [-0.2, -0.15) is 0 Å². The van der Waals surface area contributed by atoms with Crippen molar-refractivity contribution < 1.29 is 9.53 Å². The minimum Gasteiger partial charge on any atom is -0.450 e. The van der Waals surface area contributed by atoms with E-state index in [0.29, 0.717) is 6.61 Å². The van der Waals surface area contributed by atoms with Crippen molar-refractivity contribution in [1.82, 2.24) is 4.98 Å². The Kier molecular flexibility index (Phi) is 4.90. The molecule has 0 spiro atoms. The average Bonchev–Trinajstić information content (AvgIpc) is 1.85. The lowest BCUT2D eigenvalue weighted by Gasteiger charge is -1.99. The normalized spacial score (nSPS) is 9.44. The molecule has 0 saturated heterocycles. The Balaban J connectivity index is 3.16. The van der Waals surface area contributed by atoms with Gasteiger partial charge in [0.05, 0.1) is 6.61 Å². The molecule has 0 unspecified atom stereocenters. The standard InChI is InChI=1S/C5H11NO2Si/c1-3-8-5(7)6-9-4-2/h4H,2-3,9H2,1H3,(H,6,7). The Hall–Kier alpha value is -0.773. The largest absolute Gasteiger partial charge is 0.450 e. The molecule has 0 fully saturated rings. The molecule has 1 amide bonds. The summed E-state index contributed by atoms with van der Waals surface area (Å²) in [7, 11) is -0.607. The van der Waals surface area contributed by atoms with Gasteiger partial charge < -0.3 is 9.72 Å². The first-order valence-electron chi connectivity index (χ1n) is 2.82. The van der Waals surface area contributed by atoms with Crippen molar-refractivity contribution in [1.29, 1.82) is 0 Å². The van der Waals surface area contributed by atoms with Crippen LogP contribution in [0.2, 0.25) is 0 Å². The van der Waals surface area contributed by atoms with E-state index in [-0.39, 0.29) is 6.09 Å². The number of rotatable bonds is 3. The zero-order valence-corrected chi connectivity index (χ0v) is 6.93. The Morgan fingerprint density at radius 3 is 3.11 bits per heavy atom. The molecule has 3 nitrogen and oxygen atoms in total. The lowest BCUT2D eigenvalue weighted by molar-refractivity contribution is 0.158. The highest BCUT2D eigenvalue weighted by Gasteiger charge is 1.93. The molecule has 0 aromatic heterocycles. The highest BCUT2D eigenvalue weighted by molar-refractivity contribution is 6.42. The van der Waals surface area contributed by atoms with Gasteiger partial charge >= 0.3 is 6.09 Å². The van der Waals surface area contributed by atoms with Crippen molar-refractivity contribution in [3.63, 3.8) is 0 Å². The third-order valence-electron chi connectivity index (χ3n) is 0.666. The van der Waals surface area contributed by atoms with Crippen molar-refractivity contribution in [3.05, 3.63) is 12.3 Å². The molecule has 52 valence electrons. The number of hydrogen-bond donors (Lipinski definition) is 1. The molecule has 0 rings (SSSR count). The lowest BCUT2D eigenvalue weighted by atomic mass is 10.9. The van der Waals surface area contributed by atoms with Gasteiger partial charge in [0.1, 0.15) is 0 Å². The van der Waals surface area contributed by atoms with Crippen LogP contribution in [0.25, 0.3) is 0 Å². The quantitative estimate of drug-likeness (QED) is 0.566. The summed E-state index contributed by atoms with van der Waals surface area (Å²) >= 11 is 0. The molecule has 0 aliphatic rings. The van der Waals surface area contributed by atoms with Crippen LogP contribution in [0.3, 0.4) is 0 Å². The summed E-state index contributed by atoms with van der Waals surface area (Å²) in [4.78, 5) is 13.0. The first kappa shape index (κ1) is 8.23. The highest BCUT2D eigenvalue weighted by Crippen LogP contribution is 1.72. The van der Waals surface area contributed by atoms with Gasteiger partial charge in [0, 0.05) is 0 Å². The van der Waals surface area contributed by atoms with E-state index in [1.54, 1.807) is 12.6 Å². The van der Waals surface area contributed by atoms with Crippen molar-refractivity contribution >= 4 is 15.8 Å². The van der Waals surface area contributed by atoms with E-state index in [1.807, 2.05) is 0 Å². The molecule has 4 heteroatoms. The fourth-order valence-corrected chi connectivity index (χ4v) is 0.751. The third kappa shape index (κ3) is 5.09. The molecule has 0 atom stereocenters. The number of carbonyl (C=O) groups is 1. The molecular weight excluding hydrogens is 134 g/mol. The number of hydrogen-bond acceptors (Lipinski definition) is 2. The predicted octanol–water partition coefficient (Wildman–Crippen LogP) is -0.0402. The van der Waals surface area contributed by atoms with Gasteiger partial charge in [0.15, 0.2) is 9.68 Å². The second kappa shape index (κ2) is 5.37. The highest BCUT2D eigenvalue weighted by atomic mass is 28.2. The van der Waals surface area contributed by atoms with Crippen molar-refractivity contribution in [2.24, 2.45) is 0 Å². The topological polar surface area (TPSA) is 38.3 Å². The summed E-state index contributed by atoms with van der Waals surface area (Å²) in [5, 5.41) is 0. The Labute approximate surface area is 57.0 Å². The van der Waals surface area contributed by atoms with Crippen LogP contribution >= 0.6 is 0 Å². The summed E-state index contributed by atoms with van der Waals surface area (Å²) in [6.07, 6.45) is -0.330. The minimum atomic E-state index is -0.607. The molecule has 9 heavy (non-hydrogen) atoms. The van der Waals surface area contributed by atoms with Gasteiger partial charge in [-0.25, -0.2) is 4.79 Å². The number of amides is 1. The monoisotopic (exact) mass is 145 g/mol. The van der Waals surface area contributed by atoms with E-state index in [0.717, 1.165) is 0 Å². The number of nitrogens with one attached hydrogen (secondary N) is 1. The Morgan fingerprint density at radius 2 is 2.67 bits per heavy atom. The van der Waals surface area contributed by atoms with Crippen LogP contribution in [0.5, 0.6) is 0 Å². The average molecular weight is 145 g/mol. The maximum absolute atomic E-state index is 10.5. The molecule has 0 radical (unpaired) electrons. The summed E-state index contributed by atoms with van der Waals surface area (Å²) in [6, 6.07) is 0. The molecule has 0 bridgehead atoms. The zero-order chi connectivity index (χ0) is 7.11. The maximum Gasteiger partial charge on any atom is 0.398 e. The van der Waals surface area contributed by atoms with Crippen LogP contribution in [0.4, 0.5) is 4.79 Å². The van der Waals surface area contributed by atoms with Gasteiger partial charge in [-0.15, -0.1) is 6.58 Å². The minimum absolute atomic E-state index is 0.330. The van der Waals surface area contributed by atoms with Gasteiger partial charge in [-0.1, -0.05) is 5.70 Å². The van der Waals surface area contributed by atoms with E-state index in [4.69, 9.17) is 0 Å². The van der Waals surface area contributed by atoms with Crippen LogP contribution in [-0.4, -0.2) is 22.4 Å². The fraction of sp³-hybridized carbons (Fsp3) is 0.400. The van der Waals surface area contributed by atoms with Crippen molar-refractivity contribution in [3.8, 4) is 0 Å². The maximum atomic E-state index is 10.5. The van der Waals surface area contributed by atoms with Gasteiger partial charge in [0.25, 0.3) is 0 Å². The van der Waals surface area contributed by atoms with E-state index in [1.165, 1.54) is 0 Å². The van der Waals surface area contributed by atoms with Crippen molar-refractivity contribution in [2.45, 2.75) is 6.92 Å². The van der Waals surface area contributed by atoms with E-state index >= 15 is 0 Å². The first-order chi connectivity index (χ1) is 4.31. The molecule has 0 aliphatic carbocycles. The van der Waals surface area contributed by atoms with E-state index in [2.05, 4.69) is 16.3 Å². The smallest absolute Gasteiger partial charge is 0.398 e. The van der Waals surface area contributed by atoms with E-state index < -0.39 is 9.68 Å². The Morgan fingerprint density at radius 1 is 2.00 bits per heavy atom. The second-order valence-corrected chi connectivity index (χ2v) is 2.73. The van der Waals surface area contributed by atoms with Crippen LogP contribution < -0.4 is 4.98 Å². The third-order valence-corrected chi connectivity index (χ3v) is 1.45. The van der Waals surface area contributed by atoms with E-state index in [9.17, 15) is 4.79 Å². The summed E-state index contributed by atoms with van der Waals surface area (Å²) in [5.41, 5.74) is 1.73. The van der Waals surface area contributed by atoms with Gasteiger partial charge in [0.2, 0.25) is 0 Å². The van der Waals surface area contributed by atoms with Crippen LogP contribution in [0.1, 0.15) is 6.92 Å². The Bertz CT molecular complexity index is 105. The SMILES string of the molecule is C=C[SiH2]NC(=O)OCC. The number of carbonyl (C=O) groups excluding carboxylic acids is 1. The summed E-state index contributed by atoms with van der Waals surface area (Å²) < 4.78 is 4.58. The molecule has 0 aromatic carbocycles.